The first-order chi connectivity index (χ1) is 14.7. The molecule has 5 rings (SSSR count). The Kier molecular flexibility index (Phi) is 5.61. The summed E-state index contributed by atoms with van der Waals surface area (Å²) in [6.45, 7) is 4.42. The van der Waals surface area contributed by atoms with Gasteiger partial charge in [-0.25, -0.2) is 0 Å². The number of rotatable bonds is 5. The van der Waals surface area contributed by atoms with E-state index in [1.54, 1.807) is 12.1 Å². The smallest absolute Gasteiger partial charge is 0.269 e. The highest BCUT2D eigenvalue weighted by Crippen LogP contribution is 2.38. The van der Waals surface area contributed by atoms with Crippen molar-refractivity contribution in [3.63, 3.8) is 0 Å². The van der Waals surface area contributed by atoms with Crippen molar-refractivity contribution in [2.24, 2.45) is 5.92 Å². The molecule has 2 aliphatic heterocycles. The van der Waals surface area contributed by atoms with Gasteiger partial charge >= 0.3 is 0 Å². The summed E-state index contributed by atoms with van der Waals surface area (Å²) in [6.07, 6.45) is 9.58. The maximum Gasteiger partial charge on any atom is 0.269 e. The zero-order chi connectivity index (χ0) is 20.5. The summed E-state index contributed by atoms with van der Waals surface area (Å²) in [4.78, 5) is 15.9. The van der Waals surface area contributed by atoms with Crippen molar-refractivity contribution < 1.29 is 9.34 Å². The average molecular weight is 410 g/mol. The molecule has 0 spiro atoms. The Balaban J connectivity index is 1.33. The van der Waals surface area contributed by atoms with Gasteiger partial charge in [-0.05, 0) is 62.4 Å². The predicted molar refractivity (Wildman–Crippen MR) is 116 cm³/mol. The minimum atomic E-state index is -0.370. The molecule has 2 aromatic rings. The molecule has 0 bridgehead atoms. The molecule has 6 nitrogen and oxygen atoms in total. The number of benzene rings is 1. The minimum absolute atomic E-state index is 0.107. The van der Waals surface area contributed by atoms with E-state index in [9.17, 15) is 10.1 Å². The summed E-state index contributed by atoms with van der Waals surface area (Å²) in [5, 5.41) is 10.9. The lowest BCUT2D eigenvalue weighted by molar-refractivity contribution is -0.384. The molecule has 3 heterocycles. The molecule has 2 atom stereocenters. The average Bonchev–Trinajstić information content (AvgIpc) is 3.44. The quantitative estimate of drug-likeness (QED) is 0.509. The first-order valence-electron chi connectivity index (χ1n) is 11.5. The maximum atomic E-state index is 10.9. The number of nitro benzene ring substituents is 1. The summed E-state index contributed by atoms with van der Waals surface area (Å²) in [6, 6.07) is 12.0. The molecular weight excluding hydrogens is 378 g/mol. The highest BCUT2D eigenvalue weighted by molar-refractivity contribution is 5.59. The zero-order valence-electron chi connectivity index (χ0n) is 17.5. The second-order valence-electron chi connectivity index (χ2n) is 9.17. The van der Waals surface area contributed by atoms with Crippen LogP contribution in [0.4, 0.5) is 5.69 Å². The Morgan fingerprint density at radius 1 is 0.933 bits per heavy atom. The third-order valence-electron chi connectivity index (χ3n) is 7.42. The molecule has 160 valence electrons. The van der Waals surface area contributed by atoms with E-state index >= 15 is 0 Å². The molecule has 1 aromatic heterocycles. The highest BCUT2D eigenvalue weighted by Gasteiger charge is 2.43. The minimum Gasteiger partial charge on any atom is -0.460 e. The first-order valence-corrected chi connectivity index (χ1v) is 11.5. The Labute approximate surface area is 178 Å². The van der Waals surface area contributed by atoms with Crippen LogP contribution in [0.25, 0.3) is 11.3 Å². The van der Waals surface area contributed by atoms with Gasteiger partial charge in [-0.2, -0.15) is 0 Å². The monoisotopic (exact) mass is 409 g/mol. The topological polar surface area (TPSA) is 62.8 Å². The van der Waals surface area contributed by atoms with Crippen LogP contribution in [0.5, 0.6) is 0 Å². The molecule has 0 amide bonds. The lowest BCUT2D eigenvalue weighted by Crippen LogP contribution is -2.59. The fourth-order valence-corrected chi connectivity index (χ4v) is 6.00. The molecule has 3 fully saturated rings. The predicted octanol–water partition coefficient (Wildman–Crippen LogP) is 5.08. The second-order valence-corrected chi connectivity index (χ2v) is 9.17. The van der Waals surface area contributed by atoms with Gasteiger partial charge in [0.1, 0.15) is 11.5 Å². The van der Waals surface area contributed by atoms with E-state index in [-0.39, 0.29) is 10.6 Å². The van der Waals surface area contributed by atoms with Crippen molar-refractivity contribution in [3.05, 3.63) is 52.3 Å². The van der Waals surface area contributed by atoms with E-state index in [4.69, 9.17) is 4.42 Å². The van der Waals surface area contributed by atoms with Crippen molar-refractivity contribution in [3.8, 4) is 11.3 Å². The van der Waals surface area contributed by atoms with Crippen LogP contribution in [0, 0.1) is 16.0 Å². The molecule has 1 aliphatic carbocycles. The Hall–Kier alpha value is -2.18. The highest BCUT2D eigenvalue weighted by atomic mass is 16.6. The van der Waals surface area contributed by atoms with Gasteiger partial charge < -0.3 is 4.42 Å². The van der Waals surface area contributed by atoms with Gasteiger partial charge in [-0.15, -0.1) is 0 Å². The Bertz CT molecular complexity index is 872. The molecule has 1 saturated carbocycles. The van der Waals surface area contributed by atoms with E-state index in [1.165, 1.54) is 70.2 Å². The Morgan fingerprint density at radius 2 is 1.73 bits per heavy atom. The van der Waals surface area contributed by atoms with Gasteiger partial charge in [-0.1, -0.05) is 19.3 Å². The number of nitrogens with zero attached hydrogens (tertiary/aromatic N) is 3. The number of non-ortho nitro benzene ring substituents is 1. The van der Waals surface area contributed by atoms with E-state index in [0.29, 0.717) is 12.1 Å². The van der Waals surface area contributed by atoms with Crippen LogP contribution in [0.3, 0.4) is 0 Å². The molecule has 0 radical (unpaired) electrons. The first kappa shape index (κ1) is 19.8. The second kappa shape index (κ2) is 8.52. The van der Waals surface area contributed by atoms with Crippen LogP contribution in [-0.4, -0.2) is 46.4 Å². The van der Waals surface area contributed by atoms with Crippen molar-refractivity contribution >= 4 is 5.69 Å². The number of piperazine rings is 1. The summed E-state index contributed by atoms with van der Waals surface area (Å²) in [7, 11) is 0. The van der Waals surface area contributed by atoms with Crippen molar-refractivity contribution in [2.45, 2.75) is 63.6 Å². The van der Waals surface area contributed by atoms with E-state index < -0.39 is 0 Å². The maximum absolute atomic E-state index is 10.9. The fourth-order valence-electron chi connectivity index (χ4n) is 6.00. The molecule has 0 unspecified atom stereocenters. The zero-order valence-corrected chi connectivity index (χ0v) is 17.5. The van der Waals surface area contributed by atoms with E-state index in [1.807, 2.05) is 6.07 Å². The number of hydrogen-bond donors (Lipinski definition) is 0. The fraction of sp³-hybridized carbons (Fsp3) is 0.583. The van der Waals surface area contributed by atoms with Crippen LogP contribution in [-0.2, 0) is 6.54 Å². The van der Waals surface area contributed by atoms with Gasteiger partial charge in [0.05, 0.1) is 11.5 Å². The van der Waals surface area contributed by atoms with Crippen LogP contribution in [0.1, 0.15) is 50.7 Å². The van der Waals surface area contributed by atoms with Crippen molar-refractivity contribution in [2.75, 3.05) is 19.6 Å². The van der Waals surface area contributed by atoms with Gasteiger partial charge in [0.2, 0.25) is 0 Å². The Morgan fingerprint density at radius 3 is 2.50 bits per heavy atom. The standard InChI is InChI=1S/C24H31N3O3/c28-27(29)20-10-8-18(9-11-20)23-13-12-21(30-23)17-26-16-15-25-14-4-7-22(25)24(26)19-5-2-1-3-6-19/h8-13,19,22,24H,1-7,14-17H2/t22-,24-/m0/s1. The van der Waals surface area contributed by atoms with Crippen LogP contribution >= 0.6 is 0 Å². The number of nitro groups is 1. The third kappa shape index (κ3) is 3.91. The number of furan rings is 1. The van der Waals surface area contributed by atoms with Gasteiger partial charge in [0.25, 0.3) is 5.69 Å². The number of hydrogen-bond acceptors (Lipinski definition) is 5. The van der Waals surface area contributed by atoms with Gasteiger partial charge in [-0.3, -0.25) is 19.9 Å². The molecule has 2 saturated heterocycles. The van der Waals surface area contributed by atoms with Gasteiger partial charge in [0, 0.05) is 42.9 Å². The largest absolute Gasteiger partial charge is 0.460 e. The summed E-state index contributed by atoms with van der Waals surface area (Å²) >= 11 is 0. The molecule has 6 heteroatoms. The summed E-state index contributed by atoms with van der Waals surface area (Å²) in [5.41, 5.74) is 0.992. The molecule has 0 N–H and O–H groups in total. The van der Waals surface area contributed by atoms with E-state index in [0.717, 1.165) is 36.1 Å². The van der Waals surface area contributed by atoms with Gasteiger partial charge in [0.15, 0.2) is 0 Å². The SMILES string of the molecule is O=[N+]([O-])c1ccc(-c2ccc(CN3CCN4CCC[C@H]4[C@@H]3C3CCCCC3)o2)cc1. The lowest BCUT2D eigenvalue weighted by Gasteiger charge is -2.49. The third-order valence-corrected chi connectivity index (χ3v) is 7.42. The van der Waals surface area contributed by atoms with Crippen LogP contribution < -0.4 is 0 Å². The molecule has 1 aromatic carbocycles. The van der Waals surface area contributed by atoms with Crippen LogP contribution in [0.15, 0.2) is 40.8 Å². The van der Waals surface area contributed by atoms with E-state index in [2.05, 4.69) is 15.9 Å². The normalized spacial score (nSPS) is 26.0. The molecule has 30 heavy (non-hydrogen) atoms. The lowest BCUT2D eigenvalue weighted by atomic mass is 9.78. The summed E-state index contributed by atoms with van der Waals surface area (Å²) < 4.78 is 6.19. The summed E-state index contributed by atoms with van der Waals surface area (Å²) in [5.74, 6) is 2.60. The van der Waals surface area contributed by atoms with Crippen molar-refractivity contribution in [1.29, 1.82) is 0 Å². The molecule has 3 aliphatic rings. The van der Waals surface area contributed by atoms with Crippen LogP contribution in [0.2, 0.25) is 0 Å². The van der Waals surface area contributed by atoms with Crippen molar-refractivity contribution in [1.82, 2.24) is 9.80 Å². The number of fused-ring (bicyclic) bond motifs is 1. The molecular formula is C24H31N3O3.